The average molecular weight is 305 g/mol. The van der Waals surface area contributed by atoms with Crippen LogP contribution in [0.1, 0.15) is 17.5 Å². The number of ether oxygens (including phenoxy) is 3. The molecule has 0 saturated heterocycles. The van der Waals surface area contributed by atoms with Gasteiger partial charge in [0.15, 0.2) is 5.82 Å². The zero-order chi connectivity index (χ0) is 16.1. The van der Waals surface area contributed by atoms with Crippen molar-refractivity contribution in [3.63, 3.8) is 0 Å². The first-order valence-electron chi connectivity index (χ1n) is 6.64. The van der Waals surface area contributed by atoms with Crippen molar-refractivity contribution in [2.24, 2.45) is 0 Å². The summed E-state index contributed by atoms with van der Waals surface area (Å²) < 4.78 is 15.5. The van der Waals surface area contributed by atoms with E-state index in [1.807, 2.05) is 0 Å². The Morgan fingerprint density at radius 1 is 1.05 bits per heavy atom. The van der Waals surface area contributed by atoms with Crippen molar-refractivity contribution in [2.75, 3.05) is 33.7 Å². The quantitative estimate of drug-likeness (QED) is 0.838. The van der Waals surface area contributed by atoms with Crippen molar-refractivity contribution < 1.29 is 19.3 Å². The molecule has 1 unspecified atom stereocenters. The third kappa shape index (κ3) is 3.04. The normalized spacial score (nSPS) is 11.7. The zero-order valence-corrected chi connectivity index (χ0v) is 13.0. The molecule has 1 aromatic carbocycles. The lowest BCUT2D eigenvalue weighted by Crippen LogP contribution is -2.10. The molecule has 1 atom stereocenters. The standard InChI is InChI=1S/C15H19N3O4/c1-16-13-9(6-5-7-10(13)20-2)14(19)15-17-11(21-3)8-12(18-15)22-4/h5-8,14,16,19H,1-4H3. The molecular formula is C15H19N3O4. The lowest BCUT2D eigenvalue weighted by atomic mass is 10.1. The third-order valence-corrected chi connectivity index (χ3v) is 3.18. The van der Waals surface area contributed by atoms with Gasteiger partial charge in [0, 0.05) is 12.6 Å². The summed E-state index contributed by atoms with van der Waals surface area (Å²) in [4.78, 5) is 8.35. The van der Waals surface area contributed by atoms with Crippen LogP contribution in [0.4, 0.5) is 5.69 Å². The summed E-state index contributed by atoms with van der Waals surface area (Å²) in [6.07, 6.45) is -1.05. The number of methoxy groups -OCH3 is 3. The number of nitrogens with one attached hydrogen (secondary N) is 1. The first-order chi connectivity index (χ1) is 10.6. The van der Waals surface area contributed by atoms with Gasteiger partial charge in [-0.15, -0.1) is 0 Å². The van der Waals surface area contributed by atoms with Crippen LogP contribution in [0.5, 0.6) is 17.5 Å². The smallest absolute Gasteiger partial charge is 0.220 e. The molecule has 7 heteroatoms. The third-order valence-electron chi connectivity index (χ3n) is 3.18. The van der Waals surface area contributed by atoms with Gasteiger partial charge in [-0.05, 0) is 6.07 Å². The summed E-state index contributed by atoms with van der Waals surface area (Å²) in [6, 6.07) is 6.90. The van der Waals surface area contributed by atoms with Gasteiger partial charge in [0.1, 0.15) is 11.9 Å². The Kier molecular flexibility index (Phi) is 5.00. The average Bonchev–Trinajstić information content (AvgIpc) is 2.59. The van der Waals surface area contributed by atoms with E-state index in [9.17, 15) is 5.11 Å². The summed E-state index contributed by atoms with van der Waals surface area (Å²) in [5, 5.41) is 13.7. The van der Waals surface area contributed by atoms with Crippen molar-refractivity contribution in [3.8, 4) is 17.5 Å². The number of aliphatic hydroxyl groups excluding tert-OH is 1. The second-order valence-corrected chi connectivity index (χ2v) is 4.39. The van der Waals surface area contributed by atoms with Crippen LogP contribution in [0, 0.1) is 0 Å². The maximum Gasteiger partial charge on any atom is 0.220 e. The number of aliphatic hydroxyl groups is 1. The minimum atomic E-state index is -1.05. The van der Waals surface area contributed by atoms with Crippen LogP contribution in [-0.2, 0) is 0 Å². The van der Waals surface area contributed by atoms with Gasteiger partial charge in [-0.2, -0.15) is 9.97 Å². The van der Waals surface area contributed by atoms with Crippen LogP contribution < -0.4 is 19.5 Å². The van der Waals surface area contributed by atoms with E-state index in [4.69, 9.17) is 14.2 Å². The monoisotopic (exact) mass is 305 g/mol. The van der Waals surface area contributed by atoms with Gasteiger partial charge in [0.2, 0.25) is 11.8 Å². The molecule has 0 radical (unpaired) electrons. The number of hydrogen-bond donors (Lipinski definition) is 2. The molecule has 0 fully saturated rings. The van der Waals surface area contributed by atoms with Gasteiger partial charge in [0.05, 0.1) is 33.1 Å². The molecule has 2 N–H and O–H groups in total. The second-order valence-electron chi connectivity index (χ2n) is 4.39. The van der Waals surface area contributed by atoms with Gasteiger partial charge in [0.25, 0.3) is 0 Å². The summed E-state index contributed by atoms with van der Waals surface area (Å²) >= 11 is 0. The fraction of sp³-hybridized carbons (Fsp3) is 0.333. The molecule has 0 aliphatic heterocycles. The lowest BCUT2D eigenvalue weighted by Gasteiger charge is -2.17. The molecule has 1 aromatic heterocycles. The van der Waals surface area contributed by atoms with Crippen molar-refractivity contribution in [2.45, 2.75) is 6.10 Å². The molecule has 0 aliphatic carbocycles. The first-order valence-corrected chi connectivity index (χ1v) is 6.64. The van der Waals surface area contributed by atoms with E-state index in [1.165, 1.54) is 14.2 Å². The SMILES string of the molecule is CNc1c(OC)cccc1C(O)c1nc(OC)cc(OC)n1. The van der Waals surface area contributed by atoms with Gasteiger partial charge in [-0.3, -0.25) is 0 Å². The number of benzene rings is 1. The number of rotatable bonds is 6. The number of hydrogen-bond acceptors (Lipinski definition) is 7. The van der Waals surface area contributed by atoms with Crippen molar-refractivity contribution in [3.05, 3.63) is 35.7 Å². The molecule has 2 aromatic rings. The van der Waals surface area contributed by atoms with Crippen LogP contribution in [0.25, 0.3) is 0 Å². The van der Waals surface area contributed by atoms with Crippen LogP contribution in [0.3, 0.4) is 0 Å². The first kappa shape index (κ1) is 15.8. The number of aromatic nitrogens is 2. The highest BCUT2D eigenvalue weighted by Crippen LogP contribution is 2.34. The van der Waals surface area contributed by atoms with E-state index in [-0.39, 0.29) is 5.82 Å². The van der Waals surface area contributed by atoms with E-state index in [0.29, 0.717) is 28.8 Å². The predicted octanol–water partition coefficient (Wildman–Crippen LogP) is 1.63. The molecule has 1 heterocycles. The Bertz CT molecular complexity index is 626. The molecule has 0 bridgehead atoms. The molecule has 0 saturated carbocycles. The van der Waals surface area contributed by atoms with Gasteiger partial charge >= 0.3 is 0 Å². The van der Waals surface area contributed by atoms with E-state index in [0.717, 1.165) is 0 Å². The fourth-order valence-electron chi connectivity index (χ4n) is 2.11. The molecule has 118 valence electrons. The number of nitrogens with zero attached hydrogens (tertiary/aromatic N) is 2. The Morgan fingerprint density at radius 3 is 2.18 bits per heavy atom. The lowest BCUT2D eigenvalue weighted by molar-refractivity contribution is 0.206. The largest absolute Gasteiger partial charge is 0.495 e. The van der Waals surface area contributed by atoms with Crippen LogP contribution in [0.2, 0.25) is 0 Å². The second kappa shape index (κ2) is 6.95. The minimum absolute atomic E-state index is 0.181. The van der Waals surface area contributed by atoms with Gasteiger partial charge in [-0.1, -0.05) is 12.1 Å². The maximum absolute atomic E-state index is 10.6. The summed E-state index contributed by atoms with van der Waals surface area (Å²) in [7, 11) is 6.30. The fourth-order valence-corrected chi connectivity index (χ4v) is 2.11. The summed E-state index contributed by atoms with van der Waals surface area (Å²) in [6.45, 7) is 0. The summed E-state index contributed by atoms with van der Waals surface area (Å²) in [5.74, 6) is 1.43. The predicted molar refractivity (Wildman–Crippen MR) is 81.7 cm³/mol. The van der Waals surface area contributed by atoms with Crippen molar-refractivity contribution in [1.29, 1.82) is 0 Å². The highest BCUT2D eigenvalue weighted by atomic mass is 16.5. The highest BCUT2D eigenvalue weighted by Gasteiger charge is 2.21. The maximum atomic E-state index is 10.6. The zero-order valence-electron chi connectivity index (χ0n) is 13.0. The Labute approximate surface area is 128 Å². The van der Waals surface area contributed by atoms with E-state index < -0.39 is 6.10 Å². The Hall–Kier alpha value is -2.54. The van der Waals surface area contributed by atoms with Crippen LogP contribution in [-0.4, -0.2) is 43.5 Å². The highest BCUT2D eigenvalue weighted by molar-refractivity contribution is 5.63. The number of para-hydroxylation sites is 1. The minimum Gasteiger partial charge on any atom is -0.495 e. The number of anilines is 1. The molecule has 0 aliphatic rings. The topological polar surface area (TPSA) is 85.7 Å². The molecule has 0 spiro atoms. The Balaban J connectivity index is 2.50. The molecule has 0 amide bonds. The van der Waals surface area contributed by atoms with Crippen LogP contribution in [0.15, 0.2) is 24.3 Å². The van der Waals surface area contributed by atoms with Crippen molar-refractivity contribution >= 4 is 5.69 Å². The van der Waals surface area contributed by atoms with Crippen LogP contribution >= 0.6 is 0 Å². The molecule has 7 nitrogen and oxygen atoms in total. The molecule has 2 rings (SSSR count). The van der Waals surface area contributed by atoms with Gasteiger partial charge < -0.3 is 24.6 Å². The molecule has 22 heavy (non-hydrogen) atoms. The van der Waals surface area contributed by atoms with Crippen molar-refractivity contribution in [1.82, 2.24) is 9.97 Å². The summed E-state index contributed by atoms with van der Waals surface area (Å²) in [5.41, 5.74) is 1.26. The molecular weight excluding hydrogens is 286 g/mol. The van der Waals surface area contributed by atoms with Gasteiger partial charge in [-0.25, -0.2) is 0 Å². The van der Waals surface area contributed by atoms with E-state index >= 15 is 0 Å². The van der Waals surface area contributed by atoms with E-state index in [1.54, 1.807) is 38.4 Å². The van der Waals surface area contributed by atoms with E-state index in [2.05, 4.69) is 15.3 Å². The Morgan fingerprint density at radius 2 is 1.68 bits per heavy atom.